The number of fused-ring (bicyclic) bond motifs is 5. The predicted molar refractivity (Wildman–Crippen MR) is 94.6 cm³/mol. The van der Waals surface area contributed by atoms with Gasteiger partial charge in [0.05, 0.1) is 22.7 Å². The van der Waals surface area contributed by atoms with Crippen LogP contribution in [0, 0.1) is 0 Å². The number of para-hydroxylation sites is 1. The fourth-order valence-electron chi connectivity index (χ4n) is 3.13. The number of carbonyl (C=O) groups is 1. The highest BCUT2D eigenvalue weighted by molar-refractivity contribution is 6.18. The Balaban J connectivity index is 2.24. The number of hydrogen-bond acceptors (Lipinski definition) is 3. The Labute approximate surface area is 137 Å². The minimum atomic E-state index is -0.451. The van der Waals surface area contributed by atoms with Crippen molar-refractivity contribution in [1.29, 1.82) is 0 Å². The number of rotatable bonds is 1. The van der Waals surface area contributed by atoms with E-state index in [1.165, 1.54) is 0 Å². The Kier molecular flexibility index (Phi) is 3.16. The van der Waals surface area contributed by atoms with Crippen LogP contribution in [0.3, 0.4) is 0 Å². The molecule has 0 aliphatic heterocycles. The SMILES string of the molecule is CC(C)OC(=O)n1c2ccccc2c2[nH]c(=O)c3ccccc3c21. The van der Waals surface area contributed by atoms with Gasteiger partial charge in [0.15, 0.2) is 0 Å². The van der Waals surface area contributed by atoms with Crippen molar-refractivity contribution >= 4 is 38.8 Å². The van der Waals surface area contributed by atoms with Gasteiger partial charge in [0.1, 0.15) is 0 Å². The first-order chi connectivity index (χ1) is 11.6. The molecule has 2 aromatic heterocycles. The molecule has 0 fully saturated rings. The molecule has 0 spiro atoms. The summed E-state index contributed by atoms with van der Waals surface area (Å²) in [4.78, 5) is 28.1. The Morgan fingerprint density at radius 2 is 1.62 bits per heavy atom. The minimum absolute atomic E-state index is 0.168. The summed E-state index contributed by atoms with van der Waals surface area (Å²) in [6.07, 6.45) is -0.684. The minimum Gasteiger partial charge on any atom is -0.446 e. The zero-order valence-electron chi connectivity index (χ0n) is 13.4. The van der Waals surface area contributed by atoms with E-state index < -0.39 is 6.09 Å². The number of ether oxygens (including phenoxy) is 1. The molecular formula is C19H16N2O3. The van der Waals surface area contributed by atoms with E-state index in [2.05, 4.69) is 4.98 Å². The first-order valence-electron chi connectivity index (χ1n) is 7.83. The van der Waals surface area contributed by atoms with Crippen LogP contribution in [0.1, 0.15) is 13.8 Å². The number of carbonyl (C=O) groups excluding carboxylic acids is 1. The van der Waals surface area contributed by atoms with Gasteiger partial charge in [-0.05, 0) is 26.0 Å². The molecule has 4 rings (SSSR count). The lowest BCUT2D eigenvalue weighted by molar-refractivity contribution is 0.119. The average molecular weight is 320 g/mol. The lowest BCUT2D eigenvalue weighted by Gasteiger charge is -2.11. The Morgan fingerprint density at radius 1 is 1.00 bits per heavy atom. The summed E-state index contributed by atoms with van der Waals surface area (Å²) >= 11 is 0. The van der Waals surface area contributed by atoms with Crippen LogP contribution < -0.4 is 5.56 Å². The smallest absolute Gasteiger partial charge is 0.419 e. The first kappa shape index (κ1) is 14.5. The van der Waals surface area contributed by atoms with Gasteiger partial charge in [-0.1, -0.05) is 36.4 Å². The van der Waals surface area contributed by atoms with Gasteiger partial charge < -0.3 is 9.72 Å². The summed E-state index contributed by atoms with van der Waals surface area (Å²) in [6.45, 7) is 3.62. The molecule has 0 amide bonds. The van der Waals surface area contributed by atoms with Crippen LogP contribution >= 0.6 is 0 Å². The van der Waals surface area contributed by atoms with Crippen molar-refractivity contribution in [3.8, 4) is 0 Å². The fourth-order valence-corrected chi connectivity index (χ4v) is 3.13. The first-order valence-corrected chi connectivity index (χ1v) is 7.83. The number of pyridine rings is 1. The van der Waals surface area contributed by atoms with Crippen molar-refractivity contribution in [3.63, 3.8) is 0 Å². The third kappa shape index (κ3) is 2.01. The van der Waals surface area contributed by atoms with Gasteiger partial charge >= 0.3 is 6.09 Å². The third-order valence-electron chi connectivity index (χ3n) is 4.06. The second-order valence-corrected chi connectivity index (χ2v) is 6.01. The summed E-state index contributed by atoms with van der Waals surface area (Å²) in [5.41, 5.74) is 1.86. The summed E-state index contributed by atoms with van der Waals surface area (Å²) < 4.78 is 6.97. The van der Waals surface area contributed by atoms with E-state index in [4.69, 9.17) is 4.74 Å². The molecule has 0 unspecified atom stereocenters. The molecule has 5 nitrogen and oxygen atoms in total. The van der Waals surface area contributed by atoms with Crippen LogP contribution in [0.4, 0.5) is 4.79 Å². The highest BCUT2D eigenvalue weighted by Gasteiger charge is 2.21. The van der Waals surface area contributed by atoms with Crippen molar-refractivity contribution in [2.24, 2.45) is 0 Å². The molecule has 5 heteroatoms. The average Bonchev–Trinajstić information content (AvgIpc) is 2.89. The van der Waals surface area contributed by atoms with Gasteiger partial charge in [-0.3, -0.25) is 4.79 Å². The maximum Gasteiger partial charge on any atom is 0.419 e. The molecule has 0 radical (unpaired) electrons. The standard InChI is InChI=1S/C19H16N2O3/c1-11(2)24-19(23)21-15-10-6-5-9-14(15)16-17(21)12-7-3-4-8-13(12)18(22)20-16/h3-11H,1-2H3,(H,20,22). The van der Waals surface area contributed by atoms with Gasteiger partial charge in [0.2, 0.25) is 0 Å². The lowest BCUT2D eigenvalue weighted by Crippen LogP contribution is -2.18. The van der Waals surface area contributed by atoms with Gasteiger partial charge in [-0.25, -0.2) is 9.36 Å². The monoisotopic (exact) mass is 320 g/mol. The van der Waals surface area contributed by atoms with Crippen molar-refractivity contribution in [2.75, 3.05) is 0 Å². The topological polar surface area (TPSA) is 64.1 Å². The van der Waals surface area contributed by atoms with E-state index in [1.54, 1.807) is 10.6 Å². The van der Waals surface area contributed by atoms with Crippen LogP contribution in [0.2, 0.25) is 0 Å². The number of aromatic amines is 1. The highest BCUT2D eigenvalue weighted by atomic mass is 16.6. The number of aromatic nitrogens is 2. The third-order valence-corrected chi connectivity index (χ3v) is 4.06. The number of H-pyrrole nitrogens is 1. The van der Waals surface area contributed by atoms with Crippen molar-refractivity contribution < 1.29 is 9.53 Å². The molecule has 0 aliphatic carbocycles. The zero-order valence-corrected chi connectivity index (χ0v) is 13.4. The second-order valence-electron chi connectivity index (χ2n) is 6.01. The van der Waals surface area contributed by atoms with Crippen molar-refractivity contribution in [1.82, 2.24) is 9.55 Å². The molecule has 120 valence electrons. The quantitative estimate of drug-likeness (QED) is 0.576. The molecule has 24 heavy (non-hydrogen) atoms. The molecule has 4 aromatic rings. The summed E-state index contributed by atoms with van der Waals surface area (Å²) in [6, 6.07) is 14.8. The van der Waals surface area contributed by atoms with Gasteiger partial charge in [0, 0.05) is 16.2 Å². The highest BCUT2D eigenvalue weighted by Crippen LogP contribution is 2.31. The predicted octanol–water partition coefficient (Wildman–Crippen LogP) is 4.03. The Morgan fingerprint density at radius 3 is 2.33 bits per heavy atom. The largest absolute Gasteiger partial charge is 0.446 e. The molecule has 0 saturated heterocycles. The lowest BCUT2D eigenvalue weighted by atomic mass is 10.1. The van der Waals surface area contributed by atoms with Crippen LogP contribution in [0.5, 0.6) is 0 Å². The second kappa shape index (κ2) is 5.23. The number of benzene rings is 2. The van der Waals surface area contributed by atoms with E-state index in [0.29, 0.717) is 21.9 Å². The molecule has 1 N–H and O–H groups in total. The molecular weight excluding hydrogens is 304 g/mol. The molecule has 0 atom stereocenters. The Bertz CT molecular complexity index is 1150. The molecule has 0 bridgehead atoms. The molecule has 2 aromatic carbocycles. The fraction of sp³-hybridized carbons (Fsp3) is 0.158. The maximum absolute atomic E-state index is 12.7. The van der Waals surface area contributed by atoms with Crippen molar-refractivity contribution in [2.45, 2.75) is 20.0 Å². The van der Waals surface area contributed by atoms with Gasteiger partial charge in [0.25, 0.3) is 5.56 Å². The van der Waals surface area contributed by atoms with Crippen LogP contribution in [0.25, 0.3) is 32.7 Å². The maximum atomic E-state index is 12.7. The van der Waals surface area contributed by atoms with E-state index in [-0.39, 0.29) is 11.7 Å². The van der Waals surface area contributed by atoms with E-state index >= 15 is 0 Å². The van der Waals surface area contributed by atoms with Crippen molar-refractivity contribution in [3.05, 3.63) is 58.9 Å². The van der Waals surface area contributed by atoms with E-state index in [0.717, 1.165) is 10.8 Å². The molecule has 0 saturated carbocycles. The zero-order chi connectivity index (χ0) is 16.8. The summed E-state index contributed by atoms with van der Waals surface area (Å²) in [5.74, 6) is 0. The van der Waals surface area contributed by atoms with Gasteiger partial charge in [-0.2, -0.15) is 0 Å². The number of hydrogen-bond donors (Lipinski definition) is 1. The Hall–Kier alpha value is -3.08. The van der Waals surface area contributed by atoms with Crippen LogP contribution in [-0.2, 0) is 4.74 Å². The summed E-state index contributed by atoms with van der Waals surface area (Å²) in [7, 11) is 0. The van der Waals surface area contributed by atoms with E-state index in [9.17, 15) is 9.59 Å². The number of nitrogens with zero attached hydrogens (tertiary/aromatic N) is 1. The molecule has 2 heterocycles. The van der Waals surface area contributed by atoms with E-state index in [1.807, 2.05) is 56.3 Å². The van der Waals surface area contributed by atoms with Gasteiger partial charge in [-0.15, -0.1) is 0 Å². The molecule has 0 aliphatic rings. The summed E-state index contributed by atoms with van der Waals surface area (Å²) in [5, 5.41) is 2.09. The van der Waals surface area contributed by atoms with Crippen LogP contribution in [-0.4, -0.2) is 21.7 Å². The van der Waals surface area contributed by atoms with Crippen LogP contribution in [0.15, 0.2) is 53.3 Å². The number of nitrogens with one attached hydrogen (secondary N) is 1. The normalized spacial score (nSPS) is 11.6.